The second kappa shape index (κ2) is 5.37. The van der Waals surface area contributed by atoms with E-state index in [0.717, 1.165) is 11.6 Å². The summed E-state index contributed by atoms with van der Waals surface area (Å²) in [7, 11) is 0. The molecule has 0 radical (unpaired) electrons. The van der Waals surface area contributed by atoms with Crippen LogP contribution in [0.4, 0.5) is 0 Å². The van der Waals surface area contributed by atoms with E-state index in [9.17, 15) is 0 Å². The molecule has 2 aliphatic rings. The van der Waals surface area contributed by atoms with Crippen LogP contribution in [0.5, 0.6) is 0 Å². The zero-order valence-electron chi connectivity index (χ0n) is 13.1. The van der Waals surface area contributed by atoms with Gasteiger partial charge in [0.05, 0.1) is 0 Å². The fourth-order valence-corrected chi connectivity index (χ4v) is 3.64. The first-order valence-electron chi connectivity index (χ1n) is 7.70. The topological polar surface area (TPSA) is 0 Å². The van der Waals surface area contributed by atoms with E-state index in [1.54, 1.807) is 0 Å². The standard InChI is InChI=1S/C21H22/c1-5-9-18-19-13-8-11-16(6-2)21(19)15(4)17-12-7-10-14(3)20(17)18/h5-10,12-13,15H,3,11H2,1-2,4H3/b9-5-,16-6-. The lowest BCUT2D eigenvalue weighted by molar-refractivity contribution is 0.857. The molecular formula is C21H22. The largest absolute Gasteiger partial charge is 0.0911 e. The Morgan fingerprint density at radius 2 is 2.05 bits per heavy atom. The number of rotatable bonds is 1. The molecule has 0 bridgehead atoms. The van der Waals surface area contributed by atoms with E-state index in [-0.39, 0.29) is 0 Å². The summed E-state index contributed by atoms with van der Waals surface area (Å²) in [6.07, 6.45) is 12.2. The first kappa shape index (κ1) is 13.9. The van der Waals surface area contributed by atoms with E-state index < -0.39 is 0 Å². The van der Waals surface area contributed by atoms with Crippen LogP contribution in [0.15, 0.2) is 65.3 Å². The van der Waals surface area contributed by atoms with Gasteiger partial charge in [-0.1, -0.05) is 62.1 Å². The molecular weight excluding hydrogens is 252 g/mol. The Morgan fingerprint density at radius 1 is 1.24 bits per heavy atom. The summed E-state index contributed by atoms with van der Waals surface area (Å²) in [5.41, 5.74) is 7.06. The molecule has 3 rings (SSSR count). The molecule has 0 saturated heterocycles. The zero-order valence-corrected chi connectivity index (χ0v) is 13.1. The summed E-state index contributed by atoms with van der Waals surface area (Å²) >= 11 is 0. The van der Waals surface area contributed by atoms with Crippen molar-refractivity contribution in [2.24, 2.45) is 0 Å². The van der Waals surface area contributed by atoms with Crippen LogP contribution >= 0.6 is 0 Å². The highest BCUT2D eigenvalue weighted by Crippen LogP contribution is 2.40. The monoisotopic (exact) mass is 274 g/mol. The molecule has 1 atom stereocenters. The van der Waals surface area contributed by atoms with Gasteiger partial charge in [-0.3, -0.25) is 0 Å². The maximum absolute atomic E-state index is 4.26. The summed E-state index contributed by atoms with van der Waals surface area (Å²) in [6.45, 7) is 10.8. The lowest BCUT2D eigenvalue weighted by atomic mass is 9.73. The fourth-order valence-electron chi connectivity index (χ4n) is 3.64. The Balaban J connectivity index is 2.48. The van der Waals surface area contributed by atoms with Gasteiger partial charge in [0.25, 0.3) is 0 Å². The fraction of sp³-hybridized carbons (Fsp3) is 0.238. The van der Waals surface area contributed by atoms with Crippen LogP contribution in [0.3, 0.4) is 0 Å². The molecule has 0 N–H and O–H groups in total. The lowest BCUT2D eigenvalue weighted by Crippen LogP contribution is -2.34. The third-order valence-electron chi connectivity index (χ3n) is 4.58. The molecule has 1 aromatic carbocycles. The smallest absolute Gasteiger partial charge is 0.00762 e. The molecule has 0 heteroatoms. The minimum absolute atomic E-state index is 0.432. The molecule has 1 unspecified atom stereocenters. The Kier molecular flexibility index (Phi) is 3.55. The average molecular weight is 274 g/mol. The Bertz CT molecular complexity index is 810. The first-order valence-corrected chi connectivity index (χ1v) is 7.70. The minimum Gasteiger partial charge on any atom is -0.0911 e. The Morgan fingerprint density at radius 3 is 2.76 bits per heavy atom. The van der Waals surface area contributed by atoms with Crippen molar-refractivity contribution in [2.75, 3.05) is 0 Å². The molecule has 1 aromatic rings. The molecule has 106 valence electrons. The summed E-state index contributed by atoms with van der Waals surface area (Å²) in [6, 6.07) is 6.50. The van der Waals surface area contributed by atoms with E-state index in [1.807, 2.05) is 0 Å². The highest BCUT2D eigenvalue weighted by Gasteiger charge is 2.26. The van der Waals surface area contributed by atoms with Gasteiger partial charge in [0.2, 0.25) is 0 Å². The van der Waals surface area contributed by atoms with E-state index in [2.05, 4.69) is 75.9 Å². The minimum atomic E-state index is 0.432. The third kappa shape index (κ3) is 2.06. The first-order chi connectivity index (χ1) is 10.2. The van der Waals surface area contributed by atoms with Crippen molar-refractivity contribution in [3.05, 3.63) is 81.3 Å². The van der Waals surface area contributed by atoms with Gasteiger partial charge in [-0.2, -0.15) is 0 Å². The number of fused-ring (bicyclic) bond motifs is 1. The van der Waals surface area contributed by atoms with Crippen LogP contribution in [0, 0.1) is 0 Å². The summed E-state index contributed by atoms with van der Waals surface area (Å²) in [4.78, 5) is 0. The van der Waals surface area contributed by atoms with E-state index in [0.29, 0.717) is 5.92 Å². The van der Waals surface area contributed by atoms with Gasteiger partial charge in [-0.05, 0) is 58.6 Å². The molecule has 0 saturated carbocycles. The van der Waals surface area contributed by atoms with Crippen molar-refractivity contribution < 1.29 is 0 Å². The molecule has 0 amide bonds. The van der Waals surface area contributed by atoms with Gasteiger partial charge in [-0.15, -0.1) is 0 Å². The molecule has 0 spiro atoms. The lowest BCUT2D eigenvalue weighted by Gasteiger charge is -2.30. The van der Waals surface area contributed by atoms with Gasteiger partial charge >= 0.3 is 0 Å². The molecule has 0 heterocycles. The molecule has 21 heavy (non-hydrogen) atoms. The second-order valence-corrected chi connectivity index (χ2v) is 5.76. The van der Waals surface area contributed by atoms with Crippen LogP contribution in [-0.2, 0) is 0 Å². The van der Waals surface area contributed by atoms with Crippen LogP contribution < -0.4 is 10.4 Å². The summed E-state index contributed by atoms with van der Waals surface area (Å²) in [5.74, 6) is 0.432. The predicted octanol–water partition coefficient (Wildman–Crippen LogP) is 4.14. The van der Waals surface area contributed by atoms with Crippen LogP contribution in [0.2, 0.25) is 0 Å². The van der Waals surface area contributed by atoms with Crippen LogP contribution in [-0.4, -0.2) is 0 Å². The molecule has 0 fully saturated rings. The number of allylic oxidation sites excluding steroid dienone is 8. The molecule has 0 aliphatic heterocycles. The van der Waals surface area contributed by atoms with Crippen molar-refractivity contribution in [2.45, 2.75) is 33.1 Å². The summed E-state index contributed by atoms with van der Waals surface area (Å²) < 4.78 is 0. The third-order valence-corrected chi connectivity index (χ3v) is 4.58. The van der Waals surface area contributed by atoms with Gasteiger partial charge in [0.15, 0.2) is 0 Å². The maximum atomic E-state index is 4.26. The van der Waals surface area contributed by atoms with E-state index in [4.69, 9.17) is 0 Å². The van der Waals surface area contributed by atoms with Crippen LogP contribution in [0.25, 0.3) is 12.2 Å². The van der Waals surface area contributed by atoms with Crippen molar-refractivity contribution in [1.29, 1.82) is 0 Å². The molecule has 0 aromatic heterocycles. The quantitative estimate of drug-likeness (QED) is 0.722. The van der Waals surface area contributed by atoms with Crippen molar-refractivity contribution >= 4 is 12.2 Å². The van der Waals surface area contributed by atoms with Gasteiger partial charge in [0, 0.05) is 5.92 Å². The average Bonchev–Trinajstić information content (AvgIpc) is 2.51. The van der Waals surface area contributed by atoms with Gasteiger partial charge in [0.1, 0.15) is 0 Å². The van der Waals surface area contributed by atoms with Gasteiger partial charge in [-0.25, -0.2) is 0 Å². The normalized spacial score (nSPS) is 22.9. The van der Waals surface area contributed by atoms with Crippen molar-refractivity contribution in [1.82, 2.24) is 0 Å². The Hall–Kier alpha value is -2.08. The van der Waals surface area contributed by atoms with Crippen LogP contribution in [0.1, 0.15) is 38.7 Å². The molecule has 2 aliphatic carbocycles. The number of hydrogen-bond acceptors (Lipinski definition) is 0. The second-order valence-electron chi connectivity index (χ2n) is 5.76. The van der Waals surface area contributed by atoms with E-state index >= 15 is 0 Å². The van der Waals surface area contributed by atoms with Gasteiger partial charge < -0.3 is 0 Å². The predicted molar refractivity (Wildman–Crippen MR) is 92.4 cm³/mol. The highest BCUT2D eigenvalue weighted by molar-refractivity contribution is 5.83. The molecule has 0 nitrogen and oxygen atoms in total. The van der Waals surface area contributed by atoms with E-state index in [1.165, 1.54) is 33.1 Å². The zero-order chi connectivity index (χ0) is 15.0. The number of hydrogen-bond donors (Lipinski definition) is 0. The van der Waals surface area contributed by atoms with Crippen molar-refractivity contribution in [3.8, 4) is 0 Å². The SMILES string of the molecule is C=c1cccc2c1=C(/C=C\C)C1=C(/C(=C\C)CC=C1)C2C. The summed E-state index contributed by atoms with van der Waals surface area (Å²) in [5, 5.41) is 2.45. The highest BCUT2D eigenvalue weighted by atomic mass is 14.3. The number of benzene rings is 1. The van der Waals surface area contributed by atoms with Crippen molar-refractivity contribution in [3.63, 3.8) is 0 Å². The Labute approximate surface area is 127 Å². The maximum Gasteiger partial charge on any atom is 0.00762 e.